The number of hydrogen-bond donors (Lipinski definition) is 3. The van der Waals surface area contributed by atoms with Crippen molar-refractivity contribution in [3.63, 3.8) is 0 Å². The maximum absolute atomic E-state index is 14.3. The van der Waals surface area contributed by atoms with E-state index >= 15 is 0 Å². The Labute approximate surface area is 273 Å². The molecule has 1 aliphatic carbocycles. The highest BCUT2D eigenvalue weighted by molar-refractivity contribution is 6.35. The standard InChI is InChI=1S/C33H32ClNO12/c1-15-10-20(37)26(30(39)33(15)31(40)27-23(43-3)13-24(44-4)28(34)29(27)47-33)18(16-6-8-19(36)22(11-16)42-2)12-25(38)35-14-17-7-9-21(46-17)32(41)45-5/h6-9,11,13,15,18,36,39H,10,12,14H2,1-5H3,(H,35,38). The molecule has 47 heavy (non-hydrogen) atoms. The molecule has 3 unspecified atom stereocenters. The highest BCUT2D eigenvalue weighted by Gasteiger charge is 2.61. The Kier molecular flexibility index (Phi) is 9.12. The lowest BCUT2D eigenvalue weighted by atomic mass is 9.69. The molecule has 14 heteroatoms. The topological polar surface area (TPSA) is 180 Å². The highest BCUT2D eigenvalue weighted by atomic mass is 35.5. The van der Waals surface area contributed by atoms with E-state index in [1.807, 2.05) is 0 Å². The van der Waals surface area contributed by atoms with Crippen molar-refractivity contribution < 1.29 is 57.5 Å². The summed E-state index contributed by atoms with van der Waals surface area (Å²) >= 11 is 6.55. The summed E-state index contributed by atoms with van der Waals surface area (Å²) in [6.45, 7) is 1.47. The van der Waals surface area contributed by atoms with Crippen LogP contribution in [-0.4, -0.2) is 67.7 Å². The molecule has 1 spiro atoms. The normalized spacial score (nSPS) is 19.2. The van der Waals surface area contributed by atoms with E-state index in [4.69, 9.17) is 35.0 Å². The lowest BCUT2D eigenvalue weighted by molar-refractivity contribution is -0.122. The number of allylic oxidation sites excluding steroid dienone is 1. The number of carbonyl (C=O) groups excluding carboxylic acids is 4. The number of Topliss-reactive ketones (excluding diaryl/α,β-unsaturated/α-hetero) is 2. The largest absolute Gasteiger partial charge is 0.507 e. The number of aliphatic hydroxyl groups is 1. The third-order valence-electron chi connectivity index (χ3n) is 8.36. The Morgan fingerprint density at radius 2 is 1.72 bits per heavy atom. The number of amides is 1. The second-order valence-corrected chi connectivity index (χ2v) is 11.4. The number of hydrogen-bond acceptors (Lipinski definition) is 12. The lowest BCUT2D eigenvalue weighted by Crippen LogP contribution is -2.53. The van der Waals surface area contributed by atoms with Gasteiger partial charge in [0.05, 0.1) is 35.0 Å². The molecule has 13 nitrogen and oxygen atoms in total. The zero-order chi connectivity index (χ0) is 34.2. The smallest absolute Gasteiger partial charge is 0.373 e. The molecule has 0 saturated carbocycles. The summed E-state index contributed by atoms with van der Waals surface area (Å²) in [5.74, 6) is -4.92. The maximum Gasteiger partial charge on any atom is 0.373 e. The van der Waals surface area contributed by atoms with Gasteiger partial charge in [-0.25, -0.2) is 4.79 Å². The van der Waals surface area contributed by atoms with Crippen molar-refractivity contribution in [2.75, 3.05) is 28.4 Å². The molecule has 0 saturated heterocycles. The van der Waals surface area contributed by atoms with Crippen molar-refractivity contribution in [1.29, 1.82) is 0 Å². The van der Waals surface area contributed by atoms with Gasteiger partial charge < -0.3 is 43.6 Å². The van der Waals surface area contributed by atoms with Crippen LogP contribution in [0.1, 0.15) is 57.9 Å². The fourth-order valence-electron chi connectivity index (χ4n) is 5.96. The minimum absolute atomic E-state index is 0.0283. The van der Waals surface area contributed by atoms with Gasteiger partial charge in [0.1, 0.15) is 27.8 Å². The van der Waals surface area contributed by atoms with Crippen LogP contribution in [-0.2, 0) is 20.9 Å². The second-order valence-electron chi connectivity index (χ2n) is 11.0. The van der Waals surface area contributed by atoms with E-state index in [1.54, 1.807) is 6.92 Å². The van der Waals surface area contributed by atoms with Gasteiger partial charge in [-0.05, 0) is 29.8 Å². The minimum atomic E-state index is -2.08. The van der Waals surface area contributed by atoms with Gasteiger partial charge in [-0.15, -0.1) is 0 Å². The SMILES string of the molecule is COC(=O)c1ccc(CNC(=O)CC(C2=C(O)C3(Oc4c(Cl)c(OC)cc(OC)c4C3=O)C(C)CC2=O)c2ccc(O)c(OC)c2)o1. The van der Waals surface area contributed by atoms with E-state index in [0.717, 1.165) is 0 Å². The van der Waals surface area contributed by atoms with Crippen LogP contribution in [0.4, 0.5) is 0 Å². The summed E-state index contributed by atoms with van der Waals surface area (Å²) in [5.41, 5.74) is -2.03. The Bertz CT molecular complexity index is 1810. The molecule has 248 valence electrons. The summed E-state index contributed by atoms with van der Waals surface area (Å²) in [5, 5.41) is 24.9. The monoisotopic (exact) mass is 669 g/mol. The van der Waals surface area contributed by atoms with E-state index in [9.17, 15) is 29.4 Å². The number of fused-ring (bicyclic) bond motifs is 1. The summed E-state index contributed by atoms with van der Waals surface area (Å²) in [7, 11) is 5.26. The fraction of sp³-hybridized carbons (Fsp3) is 0.333. The molecule has 0 fully saturated rings. The molecular formula is C33H32ClNO12. The molecule has 2 aliphatic rings. The third-order valence-corrected chi connectivity index (χ3v) is 8.72. The van der Waals surface area contributed by atoms with Crippen molar-refractivity contribution in [3.05, 3.63) is 75.4 Å². The van der Waals surface area contributed by atoms with Gasteiger partial charge in [0.2, 0.25) is 23.1 Å². The maximum atomic E-state index is 14.3. The molecule has 1 aliphatic heterocycles. The molecule has 0 radical (unpaired) electrons. The molecule has 1 aromatic heterocycles. The number of carbonyl (C=O) groups is 4. The number of ketones is 2. The Morgan fingerprint density at radius 3 is 2.38 bits per heavy atom. The van der Waals surface area contributed by atoms with Gasteiger partial charge in [-0.1, -0.05) is 24.6 Å². The van der Waals surface area contributed by atoms with Gasteiger partial charge in [0.15, 0.2) is 28.8 Å². The summed E-state index contributed by atoms with van der Waals surface area (Å²) < 4.78 is 32.3. The van der Waals surface area contributed by atoms with Crippen LogP contribution in [0.5, 0.6) is 28.7 Å². The van der Waals surface area contributed by atoms with Crippen LogP contribution in [0.15, 0.2) is 52.1 Å². The average Bonchev–Trinajstić information content (AvgIpc) is 3.66. The van der Waals surface area contributed by atoms with Crippen LogP contribution < -0.4 is 24.3 Å². The number of rotatable bonds is 10. The number of halogens is 1. The quantitative estimate of drug-likeness (QED) is 0.254. The Morgan fingerprint density at radius 1 is 1.02 bits per heavy atom. The first kappa shape index (κ1) is 33.2. The molecule has 1 amide bonds. The number of methoxy groups -OCH3 is 4. The van der Waals surface area contributed by atoms with Crippen LogP contribution in [0.2, 0.25) is 5.02 Å². The second kappa shape index (κ2) is 12.9. The fourth-order valence-corrected chi connectivity index (χ4v) is 6.23. The number of phenols is 1. The number of nitrogens with one attached hydrogen (secondary N) is 1. The van der Waals surface area contributed by atoms with Gasteiger partial charge in [-0.2, -0.15) is 0 Å². The van der Waals surface area contributed by atoms with Crippen molar-refractivity contribution in [2.45, 2.75) is 37.8 Å². The third kappa shape index (κ3) is 5.60. The van der Waals surface area contributed by atoms with E-state index in [1.165, 1.54) is 64.8 Å². The molecule has 5 rings (SSSR count). The molecule has 3 atom stereocenters. The molecule has 2 heterocycles. The molecule has 2 aromatic carbocycles. The highest BCUT2D eigenvalue weighted by Crippen LogP contribution is 2.56. The van der Waals surface area contributed by atoms with Gasteiger partial charge in [-0.3, -0.25) is 14.4 Å². The Hall–Kier alpha value is -5.17. The summed E-state index contributed by atoms with van der Waals surface area (Å²) in [4.78, 5) is 53.2. The van der Waals surface area contributed by atoms with Crippen molar-refractivity contribution >= 4 is 35.0 Å². The van der Waals surface area contributed by atoms with Crippen LogP contribution >= 0.6 is 11.6 Å². The van der Waals surface area contributed by atoms with Gasteiger partial charge >= 0.3 is 5.97 Å². The molecular weight excluding hydrogens is 638 g/mol. The number of benzene rings is 2. The number of furan rings is 1. The zero-order valence-electron chi connectivity index (χ0n) is 26.1. The molecule has 3 aromatic rings. The number of aliphatic hydroxyl groups excluding tert-OH is 1. The van der Waals surface area contributed by atoms with E-state index in [-0.39, 0.29) is 69.4 Å². The van der Waals surface area contributed by atoms with Gasteiger partial charge in [0.25, 0.3) is 0 Å². The average molecular weight is 670 g/mol. The van der Waals surface area contributed by atoms with E-state index in [0.29, 0.717) is 5.56 Å². The van der Waals surface area contributed by atoms with Gasteiger partial charge in [0, 0.05) is 36.3 Å². The van der Waals surface area contributed by atoms with Crippen molar-refractivity contribution in [3.8, 4) is 28.7 Å². The molecule has 0 bridgehead atoms. The predicted molar refractivity (Wildman–Crippen MR) is 165 cm³/mol. The van der Waals surface area contributed by atoms with Crippen molar-refractivity contribution in [2.24, 2.45) is 5.92 Å². The predicted octanol–water partition coefficient (Wildman–Crippen LogP) is 4.68. The zero-order valence-corrected chi connectivity index (χ0v) is 26.9. The Balaban J connectivity index is 1.58. The lowest BCUT2D eigenvalue weighted by Gasteiger charge is -2.38. The number of aromatic hydroxyl groups is 1. The summed E-state index contributed by atoms with van der Waals surface area (Å²) in [6.07, 6.45) is -0.626. The first-order chi connectivity index (χ1) is 22.4. The number of esters is 1. The van der Waals surface area contributed by atoms with Crippen LogP contribution in [0.25, 0.3) is 0 Å². The van der Waals surface area contributed by atoms with Crippen LogP contribution in [0.3, 0.4) is 0 Å². The van der Waals surface area contributed by atoms with Crippen LogP contribution in [0, 0.1) is 5.92 Å². The summed E-state index contributed by atoms with van der Waals surface area (Å²) in [6, 6.07) is 8.54. The molecule has 3 N–H and O–H groups in total. The first-order valence-electron chi connectivity index (χ1n) is 14.4. The first-order valence-corrected chi connectivity index (χ1v) is 14.7. The van der Waals surface area contributed by atoms with E-state index in [2.05, 4.69) is 10.1 Å². The van der Waals surface area contributed by atoms with Crippen molar-refractivity contribution in [1.82, 2.24) is 5.32 Å². The van der Waals surface area contributed by atoms with E-state index < -0.39 is 53.1 Å². The minimum Gasteiger partial charge on any atom is -0.507 e. The number of ether oxygens (including phenoxy) is 5. The number of phenolic OH excluding ortho intramolecular Hbond substituents is 1.